The third-order valence-electron chi connectivity index (χ3n) is 5.39. The number of carbonyl (C=O) groups is 1. The molecule has 1 aromatic carbocycles. The highest BCUT2D eigenvalue weighted by Gasteiger charge is 2.47. The van der Waals surface area contributed by atoms with Crippen molar-refractivity contribution < 1.29 is 9.53 Å². The molecule has 1 unspecified atom stereocenters. The van der Waals surface area contributed by atoms with E-state index in [1.165, 1.54) is 5.56 Å². The van der Waals surface area contributed by atoms with Gasteiger partial charge < -0.3 is 15.0 Å². The van der Waals surface area contributed by atoms with Crippen LogP contribution in [0.4, 0.5) is 0 Å². The van der Waals surface area contributed by atoms with Crippen LogP contribution in [0.25, 0.3) is 0 Å². The predicted molar refractivity (Wildman–Crippen MR) is 102 cm³/mol. The monoisotopic (exact) mass is 371 g/mol. The van der Waals surface area contributed by atoms with E-state index in [1.807, 2.05) is 40.7 Å². The van der Waals surface area contributed by atoms with Crippen molar-refractivity contribution in [2.45, 2.75) is 44.2 Å². The zero-order valence-corrected chi connectivity index (χ0v) is 15.9. The number of nitrogens with zero attached hydrogens (tertiary/aromatic N) is 2. The minimum atomic E-state index is -0.777. The second-order valence-electron chi connectivity index (χ2n) is 7.19. The van der Waals surface area contributed by atoms with Gasteiger partial charge in [-0.15, -0.1) is 11.3 Å². The summed E-state index contributed by atoms with van der Waals surface area (Å²) in [7, 11) is 0. The quantitative estimate of drug-likeness (QED) is 0.896. The molecule has 2 aromatic rings. The molecule has 2 fully saturated rings. The molecule has 0 saturated carbocycles. The van der Waals surface area contributed by atoms with Crippen LogP contribution >= 0.6 is 11.3 Å². The van der Waals surface area contributed by atoms with Gasteiger partial charge in [-0.2, -0.15) is 0 Å². The van der Waals surface area contributed by atoms with Gasteiger partial charge in [0, 0.05) is 31.0 Å². The summed E-state index contributed by atoms with van der Waals surface area (Å²) < 4.78 is 6.39. The molecule has 138 valence electrons. The van der Waals surface area contributed by atoms with Crippen molar-refractivity contribution in [1.82, 2.24) is 15.2 Å². The Morgan fingerprint density at radius 2 is 2.08 bits per heavy atom. The van der Waals surface area contributed by atoms with Crippen molar-refractivity contribution >= 4 is 17.2 Å². The summed E-state index contributed by atoms with van der Waals surface area (Å²) in [4.78, 5) is 20.1. The molecule has 0 radical (unpaired) electrons. The summed E-state index contributed by atoms with van der Waals surface area (Å²) in [6, 6.07) is 8.09. The number of hydrogen-bond donors (Lipinski definition) is 1. The fraction of sp³-hybridized carbons (Fsp3) is 0.500. The molecule has 1 amide bonds. The second kappa shape index (κ2) is 7.37. The average molecular weight is 372 g/mol. The van der Waals surface area contributed by atoms with Gasteiger partial charge in [0.25, 0.3) is 5.91 Å². The smallest absolute Gasteiger partial charge is 0.267 e. The van der Waals surface area contributed by atoms with E-state index in [1.54, 1.807) is 11.3 Å². The van der Waals surface area contributed by atoms with Crippen molar-refractivity contribution in [3.05, 3.63) is 46.4 Å². The lowest BCUT2D eigenvalue weighted by molar-refractivity contribution is -0.151. The number of thiazole rings is 1. The SMILES string of the molecule is Cc1ccc(OC2(C(=O)N3CCCC3c3nccs3)CCNCC2)cc1. The molecule has 1 atom stereocenters. The third-order valence-corrected chi connectivity index (χ3v) is 6.26. The Hall–Kier alpha value is -1.92. The van der Waals surface area contributed by atoms with Crippen molar-refractivity contribution in [3.63, 3.8) is 0 Å². The van der Waals surface area contributed by atoms with Gasteiger partial charge in [0.1, 0.15) is 10.8 Å². The van der Waals surface area contributed by atoms with Crippen LogP contribution in [0.3, 0.4) is 0 Å². The Morgan fingerprint density at radius 3 is 2.77 bits per heavy atom. The first-order valence-corrected chi connectivity index (χ1v) is 10.2. The first-order chi connectivity index (χ1) is 12.7. The molecular weight excluding hydrogens is 346 g/mol. The van der Waals surface area contributed by atoms with Crippen molar-refractivity contribution in [2.75, 3.05) is 19.6 Å². The number of nitrogens with one attached hydrogen (secondary N) is 1. The molecule has 3 heterocycles. The number of ether oxygens (including phenoxy) is 1. The topological polar surface area (TPSA) is 54.5 Å². The van der Waals surface area contributed by atoms with E-state index in [9.17, 15) is 4.79 Å². The molecule has 5 nitrogen and oxygen atoms in total. The van der Waals surface area contributed by atoms with Gasteiger partial charge in [0.2, 0.25) is 0 Å². The van der Waals surface area contributed by atoms with E-state index in [2.05, 4.69) is 17.2 Å². The summed E-state index contributed by atoms with van der Waals surface area (Å²) in [5.74, 6) is 0.896. The standard InChI is InChI=1S/C20H25N3O2S/c1-15-4-6-16(7-5-15)25-20(8-10-21-11-9-20)19(24)23-13-2-3-17(23)18-22-12-14-26-18/h4-7,12,14,17,21H,2-3,8-11,13H2,1H3. The molecule has 2 saturated heterocycles. The summed E-state index contributed by atoms with van der Waals surface area (Å²) in [5, 5.41) is 6.38. The Balaban J connectivity index is 1.61. The second-order valence-corrected chi connectivity index (χ2v) is 8.11. The van der Waals surface area contributed by atoms with E-state index < -0.39 is 5.60 Å². The van der Waals surface area contributed by atoms with Crippen LogP contribution in [0.15, 0.2) is 35.8 Å². The number of aryl methyl sites for hydroxylation is 1. The van der Waals surface area contributed by atoms with Crippen LogP contribution in [-0.2, 0) is 4.79 Å². The van der Waals surface area contributed by atoms with Crippen molar-refractivity contribution in [3.8, 4) is 5.75 Å². The Bertz CT molecular complexity index is 739. The van der Waals surface area contributed by atoms with Crippen LogP contribution in [0.5, 0.6) is 5.75 Å². The Morgan fingerprint density at radius 1 is 1.31 bits per heavy atom. The van der Waals surface area contributed by atoms with Crippen LogP contribution < -0.4 is 10.1 Å². The summed E-state index contributed by atoms with van der Waals surface area (Å²) in [6.45, 7) is 4.44. The molecule has 0 aliphatic carbocycles. The lowest BCUT2D eigenvalue weighted by Crippen LogP contribution is -2.57. The molecule has 4 rings (SSSR count). The fourth-order valence-electron chi connectivity index (χ4n) is 3.95. The van der Waals surface area contributed by atoms with Crippen molar-refractivity contribution in [1.29, 1.82) is 0 Å². The highest BCUT2D eigenvalue weighted by molar-refractivity contribution is 7.09. The molecular formula is C20H25N3O2S. The van der Waals surface area contributed by atoms with E-state index in [0.717, 1.165) is 43.2 Å². The van der Waals surface area contributed by atoms with Gasteiger partial charge in [-0.3, -0.25) is 4.79 Å². The number of carbonyl (C=O) groups excluding carboxylic acids is 1. The van der Waals surface area contributed by atoms with Crippen LogP contribution in [-0.4, -0.2) is 41.0 Å². The lowest BCUT2D eigenvalue weighted by Gasteiger charge is -2.40. The molecule has 1 N–H and O–H groups in total. The number of likely N-dealkylation sites (tertiary alicyclic amines) is 1. The van der Waals surface area contributed by atoms with Crippen molar-refractivity contribution in [2.24, 2.45) is 0 Å². The molecule has 1 aromatic heterocycles. The Kier molecular flexibility index (Phi) is 4.96. The summed E-state index contributed by atoms with van der Waals surface area (Å²) >= 11 is 1.63. The summed E-state index contributed by atoms with van der Waals surface area (Å²) in [6.07, 6.45) is 5.22. The van der Waals surface area contributed by atoms with Gasteiger partial charge in [-0.1, -0.05) is 17.7 Å². The number of amides is 1. The maximum absolute atomic E-state index is 13.6. The van der Waals surface area contributed by atoms with Gasteiger partial charge in [0.15, 0.2) is 5.60 Å². The highest BCUT2D eigenvalue weighted by Crippen LogP contribution is 2.38. The molecule has 0 bridgehead atoms. The molecule has 0 spiro atoms. The van der Waals surface area contributed by atoms with Gasteiger partial charge in [-0.25, -0.2) is 4.98 Å². The predicted octanol–water partition coefficient (Wildman–Crippen LogP) is 3.32. The maximum atomic E-state index is 13.6. The van der Waals surface area contributed by atoms with Gasteiger partial charge in [-0.05, 0) is 45.0 Å². The average Bonchev–Trinajstić information content (AvgIpc) is 3.35. The third kappa shape index (κ3) is 3.35. The van der Waals surface area contributed by atoms with Crippen LogP contribution in [0.1, 0.15) is 42.3 Å². The minimum Gasteiger partial charge on any atom is -0.477 e. The van der Waals surface area contributed by atoms with Gasteiger partial charge >= 0.3 is 0 Å². The van der Waals surface area contributed by atoms with E-state index in [-0.39, 0.29) is 11.9 Å². The number of rotatable bonds is 4. The van der Waals surface area contributed by atoms with Gasteiger partial charge in [0.05, 0.1) is 6.04 Å². The van der Waals surface area contributed by atoms with E-state index >= 15 is 0 Å². The van der Waals surface area contributed by atoms with Crippen LogP contribution in [0, 0.1) is 6.92 Å². The molecule has 2 aliphatic rings. The lowest BCUT2D eigenvalue weighted by atomic mass is 9.90. The number of aromatic nitrogens is 1. The maximum Gasteiger partial charge on any atom is 0.267 e. The molecule has 6 heteroatoms. The number of benzene rings is 1. The van der Waals surface area contributed by atoms with E-state index in [4.69, 9.17) is 4.74 Å². The fourth-order valence-corrected chi connectivity index (χ4v) is 4.73. The number of piperidine rings is 1. The molecule has 26 heavy (non-hydrogen) atoms. The van der Waals surface area contributed by atoms with Crippen LogP contribution in [0.2, 0.25) is 0 Å². The zero-order chi connectivity index (χ0) is 18.0. The largest absolute Gasteiger partial charge is 0.477 e. The minimum absolute atomic E-state index is 0.0934. The molecule has 2 aliphatic heterocycles. The Labute approximate surface area is 158 Å². The van der Waals surface area contributed by atoms with E-state index in [0.29, 0.717) is 12.8 Å². The normalized spacial score (nSPS) is 22.3. The number of hydrogen-bond acceptors (Lipinski definition) is 5. The highest BCUT2D eigenvalue weighted by atomic mass is 32.1. The summed E-state index contributed by atoms with van der Waals surface area (Å²) in [5.41, 5.74) is 0.409. The zero-order valence-electron chi connectivity index (χ0n) is 15.1. The first-order valence-electron chi connectivity index (χ1n) is 9.35. The first kappa shape index (κ1) is 17.5.